The molecule has 0 aromatic carbocycles. The van der Waals surface area contributed by atoms with Gasteiger partial charge in [0.2, 0.25) is 0 Å². The largest absolute Gasteiger partial charge is 0.396 e. The first-order chi connectivity index (χ1) is 8.72. The molecule has 2 heterocycles. The van der Waals surface area contributed by atoms with Crippen molar-refractivity contribution in [2.75, 3.05) is 13.2 Å². The van der Waals surface area contributed by atoms with Crippen LogP contribution in [0.3, 0.4) is 0 Å². The van der Waals surface area contributed by atoms with Gasteiger partial charge in [0.25, 0.3) is 0 Å². The molecule has 2 aromatic rings. The van der Waals surface area contributed by atoms with Gasteiger partial charge in [0, 0.05) is 37.5 Å². The van der Waals surface area contributed by atoms with Gasteiger partial charge >= 0.3 is 0 Å². The zero-order valence-electron chi connectivity index (χ0n) is 10.7. The summed E-state index contributed by atoms with van der Waals surface area (Å²) >= 11 is 1.72. The smallest absolute Gasteiger partial charge is 0.131 e. The standard InChI is InChI=1S/C13H19N3OS/c1-10(9-17)8-15-12(11-4-3-7-18-11)13-14-5-6-16(13)2/h3-7,10,12,15,17H,8-9H2,1-2H3. The fourth-order valence-corrected chi connectivity index (χ4v) is 2.61. The second kappa shape index (κ2) is 6.13. The van der Waals surface area contributed by atoms with Crippen LogP contribution in [0, 0.1) is 5.92 Å². The molecule has 2 aromatic heterocycles. The molecular weight excluding hydrogens is 246 g/mol. The van der Waals surface area contributed by atoms with E-state index in [1.165, 1.54) is 4.88 Å². The number of rotatable bonds is 6. The van der Waals surface area contributed by atoms with Crippen LogP contribution in [0.2, 0.25) is 0 Å². The van der Waals surface area contributed by atoms with Gasteiger partial charge in [0.05, 0.1) is 0 Å². The summed E-state index contributed by atoms with van der Waals surface area (Å²) in [5.74, 6) is 1.25. The zero-order chi connectivity index (χ0) is 13.0. The van der Waals surface area contributed by atoms with E-state index >= 15 is 0 Å². The van der Waals surface area contributed by atoms with E-state index in [0.717, 1.165) is 12.4 Å². The first-order valence-electron chi connectivity index (χ1n) is 6.07. The highest BCUT2D eigenvalue weighted by Gasteiger charge is 2.19. The van der Waals surface area contributed by atoms with Crippen molar-refractivity contribution in [3.05, 3.63) is 40.6 Å². The van der Waals surface area contributed by atoms with Crippen LogP contribution < -0.4 is 5.32 Å². The molecule has 98 valence electrons. The minimum atomic E-state index is 0.0963. The maximum atomic E-state index is 9.11. The number of aryl methyl sites for hydroxylation is 1. The van der Waals surface area contributed by atoms with E-state index < -0.39 is 0 Å². The first-order valence-corrected chi connectivity index (χ1v) is 6.95. The second-order valence-corrected chi connectivity index (χ2v) is 5.52. The van der Waals surface area contributed by atoms with E-state index in [4.69, 9.17) is 5.11 Å². The Kier molecular flexibility index (Phi) is 4.52. The normalized spacial score (nSPS) is 14.6. The van der Waals surface area contributed by atoms with Crippen LogP contribution in [-0.2, 0) is 7.05 Å². The fourth-order valence-electron chi connectivity index (χ4n) is 1.81. The molecule has 0 saturated carbocycles. The lowest BCUT2D eigenvalue weighted by atomic mass is 10.1. The number of nitrogens with zero attached hydrogens (tertiary/aromatic N) is 2. The number of hydrogen-bond acceptors (Lipinski definition) is 4. The number of hydrogen-bond donors (Lipinski definition) is 2. The van der Waals surface area contributed by atoms with E-state index in [-0.39, 0.29) is 18.6 Å². The molecule has 0 amide bonds. The molecule has 0 aliphatic rings. The molecule has 18 heavy (non-hydrogen) atoms. The number of aromatic nitrogens is 2. The van der Waals surface area contributed by atoms with E-state index in [1.807, 2.05) is 37.0 Å². The van der Waals surface area contributed by atoms with E-state index in [1.54, 1.807) is 11.3 Å². The number of thiophene rings is 1. The predicted molar refractivity (Wildman–Crippen MR) is 73.6 cm³/mol. The monoisotopic (exact) mass is 265 g/mol. The summed E-state index contributed by atoms with van der Waals surface area (Å²) in [7, 11) is 2.00. The lowest BCUT2D eigenvalue weighted by Crippen LogP contribution is -2.29. The average molecular weight is 265 g/mol. The molecule has 2 rings (SSSR count). The minimum absolute atomic E-state index is 0.0963. The maximum Gasteiger partial charge on any atom is 0.131 e. The molecule has 0 radical (unpaired) electrons. The predicted octanol–water partition coefficient (Wildman–Crippen LogP) is 1.79. The summed E-state index contributed by atoms with van der Waals surface area (Å²) < 4.78 is 2.03. The van der Waals surface area contributed by atoms with Gasteiger partial charge in [-0.3, -0.25) is 0 Å². The number of imidazole rings is 1. The van der Waals surface area contributed by atoms with Gasteiger partial charge in [-0.25, -0.2) is 4.98 Å². The molecule has 0 fully saturated rings. The van der Waals surface area contributed by atoms with Gasteiger partial charge in [0.1, 0.15) is 11.9 Å². The Balaban J connectivity index is 2.17. The molecule has 2 N–H and O–H groups in total. The van der Waals surface area contributed by atoms with Crippen LogP contribution in [0.15, 0.2) is 29.9 Å². The van der Waals surface area contributed by atoms with Crippen molar-refractivity contribution in [2.24, 2.45) is 13.0 Å². The Labute approximate surface area is 111 Å². The van der Waals surface area contributed by atoms with Crippen molar-refractivity contribution in [1.82, 2.24) is 14.9 Å². The van der Waals surface area contributed by atoms with Crippen LogP contribution >= 0.6 is 11.3 Å². The highest BCUT2D eigenvalue weighted by Crippen LogP contribution is 2.24. The van der Waals surface area contributed by atoms with Crippen molar-refractivity contribution in [3.8, 4) is 0 Å². The zero-order valence-corrected chi connectivity index (χ0v) is 11.5. The van der Waals surface area contributed by atoms with Crippen molar-refractivity contribution in [2.45, 2.75) is 13.0 Å². The van der Waals surface area contributed by atoms with Crippen molar-refractivity contribution < 1.29 is 5.11 Å². The number of nitrogens with one attached hydrogen (secondary N) is 1. The quantitative estimate of drug-likeness (QED) is 0.837. The Hall–Kier alpha value is -1.17. The van der Waals surface area contributed by atoms with Crippen molar-refractivity contribution in [3.63, 3.8) is 0 Å². The lowest BCUT2D eigenvalue weighted by molar-refractivity contribution is 0.231. The first kappa shape index (κ1) is 13.3. The van der Waals surface area contributed by atoms with Crippen LogP contribution in [0.25, 0.3) is 0 Å². The summed E-state index contributed by atoms with van der Waals surface area (Å²) in [6.07, 6.45) is 3.76. The molecule has 0 aliphatic heterocycles. The number of aliphatic hydroxyl groups excluding tert-OH is 1. The molecule has 0 spiro atoms. The Bertz CT molecular complexity index is 466. The van der Waals surface area contributed by atoms with Crippen molar-refractivity contribution in [1.29, 1.82) is 0 Å². The highest BCUT2D eigenvalue weighted by molar-refractivity contribution is 7.10. The molecule has 4 nitrogen and oxygen atoms in total. The third kappa shape index (κ3) is 2.98. The van der Waals surface area contributed by atoms with Crippen LogP contribution in [0.5, 0.6) is 0 Å². The topological polar surface area (TPSA) is 50.1 Å². The summed E-state index contributed by atoms with van der Waals surface area (Å²) in [6.45, 7) is 2.99. The second-order valence-electron chi connectivity index (χ2n) is 4.54. The summed E-state index contributed by atoms with van der Waals surface area (Å²) in [5, 5.41) is 14.7. The molecule has 0 bridgehead atoms. The Morgan fingerprint density at radius 3 is 2.94 bits per heavy atom. The molecule has 2 atom stereocenters. The van der Waals surface area contributed by atoms with E-state index in [2.05, 4.69) is 21.7 Å². The average Bonchev–Trinajstić information content (AvgIpc) is 3.02. The van der Waals surface area contributed by atoms with Gasteiger partial charge in [-0.1, -0.05) is 13.0 Å². The lowest BCUT2D eigenvalue weighted by Gasteiger charge is -2.19. The van der Waals surface area contributed by atoms with Gasteiger partial charge in [0.15, 0.2) is 0 Å². The maximum absolute atomic E-state index is 9.11. The van der Waals surface area contributed by atoms with Gasteiger partial charge < -0.3 is 15.0 Å². The van der Waals surface area contributed by atoms with Crippen LogP contribution in [0.1, 0.15) is 23.7 Å². The van der Waals surface area contributed by atoms with Crippen molar-refractivity contribution >= 4 is 11.3 Å². The molecule has 0 aliphatic carbocycles. The number of aliphatic hydroxyl groups is 1. The molecule has 0 saturated heterocycles. The van der Waals surface area contributed by atoms with E-state index in [0.29, 0.717) is 0 Å². The Morgan fingerprint density at radius 1 is 1.56 bits per heavy atom. The van der Waals surface area contributed by atoms with Gasteiger partial charge in [-0.05, 0) is 17.4 Å². The fraction of sp³-hybridized carbons (Fsp3) is 0.462. The van der Waals surface area contributed by atoms with Crippen LogP contribution in [-0.4, -0.2) is 27.8 Å². The van der Waals surface area contributed by atoms with Gasteiger partial charge in [-0.2, -0.15) is 0 Å². The van der Waals surface area contributed by atoms with Gasteiger partial charge in [-0.15, -0.1) is 11.3 Å². The third-order valence-electron chi connectivity index (χ3n) is 2.93. The van der Waals surface area contributed by atoms with E-state index in [9.17, 15) is 0 Å². The SMILES string of the molecule is CC(CO)CNC(c1cccs1)c1nccn1C. The molecular formula is C13H19N3OS. The highest BCUT2D eigenvalue weighted by atomic mass is 32.1. The minimum Gasteiger partial charge on any atom is -0.396 e. The summed E-state index contributed by atoms with van der Waals surface area (Å²) in [6, 6.07) is 4.26. The Morgan fingerprint density at radius 2 is 2.39 bits per heavy atom. The summed E-state index contributed by atoms with van der Waals surface area (Å²) in [4.78, 5) is 5.67. The molecule has 2 unspecified atom stereocenters. The van der Waals surface area contributed by atoms with Crippen LogP contribution in [0.4, 0.5) is 0 Å². The third-order valence-corrected chi connectivity index (χ3v) is 3.86. The molecule has 5 heteroatoms. The summed E-state index contributed by atoms with van der Waals surface area (Å²) in [5.41, 5.74) is 0.